The fraction of sp³-hybridized carbons (Fsp3) is 0.686. The number of hydrogen-bond donors (Lipinski definition) is 0. The number of hydrogen-bond acceptors (Lipinski definition) is 7. The minimum atomic E-state index is -0.995. The predicted molar refractivity (Wildman–Crippen MR) is 176 cm³/mol. The van der Waals surface area contributed by atoms with E-state index >= 15 is 0 Å². The third kappa shape index (κ3) is 13.6. The van der Waals surface area contributed by atoms with Gasteiger partial charge in [0.1, 0.15) is 18.0 Å². The van der Waals surface area contributed by atoms with Crippen molar-refractivity contribution in [3.05, 3.63) is 48.0 Å². The molecule has 0 saturated carbocycles. The third-order valence-electron chi connectivity index (χ3n) is 8.09. The van der Waals surface area contributed by atoms with E-state index in [1.807, 2.05) is 49.9 Å². The smallest absolute Gasteiger partial charge is 0.410 e. The molecule has 3 atom stereocenters. The first-order valence-electron chi connectivity index (χ1n) is 16.6. The van der Waals surface area contributed by atoms with Crippen molar-refractivity contribution < 1.29 is 23.2 Å². The Balaban J connectivity index is 1.35. The second-order valence-corrected chi connectivity index (χ2v) is 14.5. The molecule has 1 aromatic heterocycles. The molecule has 1 fully saturated rings. The van der Waals surface area contributed by atoms with E-state index in [2.05, 4.69) is 23.8 Å². The average molecular weight is 630 g/mol. The number of ether oxygens (including phenoxy) is 3. The molecular weight excluding hydrogens is 574 g/mol. The van der Waals surface area contributed by atoms with Gasteiger partial charge in [0.05, 0.1) is 23.2 Å². The Kier molecular flexibility index (Phi) is 15.6. The van der Waals surface area contributed by atoms with Crippen molar-refractivity contribution in [1.29, 1.82) is 0 Å². The van der Waals surface area contributed by atoms with Gasteiger partial charge in [-0.2, -0.15) is 0 Å². The molecule has 44 heavy (non-hydrogen) atoms. The lowest BCUT2D eigenvalue weighted by atomic mass is 9.95. The summed E-state index contributed by atoms with van der Waals surface area (Å²) in [5.41, 5.74) is 0.548. The lowest BCUT2D eigenvalue weighted by molar-refractivity contribution is 0.0255. The molecule has 2 heterocycles. The molecule has 0 aliphatic carbocycles. The van der Waals surface area contributed by atoms with Crippen LogP contribution in [-0.4, -0.2) is 62.8 Å². The zero-order chi connectivity index (χ0) is 31.8. The molecule has 1 aliphatic heterocycles. The highest BCUT2D eigenvalue weighted by Gasteiger charge is 2.25. The molecule has 1 amide bonds. The highest BCUT2D eigenvalue weighted by atomic mass is 32.2. The van der Waals surface area contributed by atoms with Crippen molar-refractivity contribution in [2.45, 2.75) is 116 Å². The molecule has 1 aromatic carbocycles. The van der Waals surface area contributed by atoms with Crippen LogP contribution in [0, 0.1) is 11.8 Å². The van der Waals surface area contributed by atoms with Crippen molar-refractivity contribution in [2.75, 3.05) is 32.1 Å². The fourth-order valence-electron chi connectivity index (χ4n) is 5.41. The van der Waals surface area contributed by atoms with Crippen LogP contribution in [0.4, 0.5) is 4.79 Å². The average Bonchev–Trinajstić information content (AvgIpc) is 3.26. The van der Waals surface area contributed by atoms with E-state index in [1.54, 1.807) is 12.4 Å². The van der Waals surface area contributed by atoms with Gasteiger partial charge in [-0.25, -0.2) is 14.8 Å². The van der Waals surface area contributed by atoms with Gasteiger partial charge in [-0.1, -0.05) is 32.4 Å². The molecule has 3 rings (SSSR count). The molecule has 9 heteroatoms. The summed E-state index contributed by atoms with van der Waals surface area (Å²) in [7, 11) is -0.995. The normalized spacial score (nSPS) is 17.1. The zero-order valence-electron chi connectivity index (χ0n) is 27.7. The maximum atomic E-state index is 12.9. The molecule has 0 bridgehead atoms. The van der Waals surface area contributed by atoms with Crippen LogP contribution in [0.15, 0.2) is 41.6 Å². The van der Waals surface area contributed by atoms with Crippen molar-refractivity contribution in [2.24, 2.45) is 11.8 Å². The van der Waals surface area contributed by atoms with E-state index in [4.69, 9.17) is 14.2 Å². The van der Waals surface area contributed by atoms with Gasteiger partial charge in [-0.05, 0) is 102 Å². The molecule has 2 aromatic rings. The van der Waals surface area contributed by atoms with Crippen LogP contribution in [0.25, 0.3) is 0 Å². The van der Waals surface area contributed by atoms with E-state index in [1.165, 1.54) is 0 Å². The van der Waals surface area contributed by atoms with Gasteiger partial charge in [0, 0.05) is 43.4 Å². The largest absolute Gasteiger partial charge is 0.486 e. The summed E-state index contributed by atoms with van der Waals surface area (Å²) in [6, 6.07) is 7.88. The molecular formula is C35H55N3O5S. The molecule has 3 unspecified atom stereocenters. The maximum Gasteiger partial charge on any atom is 0.410 e. The highest BCUT2D eigenvalue weighted by Crippen LogP contribution is 2.24. The minimum absolute atomic E-state index is 0.210. The Morgan fingerprint density at radius 1 is 1.05 bits per heavy atom. The summed E-state index contributed by atoms with van der Waals surface area (Å²) in [6.07, 6.45) is 13.5. The maximum absolute atomic E-state index is 12.9. The number of carbonyl (C=O) groups is 1. The van der Waals surface area contributed by atoms with Crippen LogP contribution < -0.4 is 4.74 Å². The molecule has 0 N–H and O–H groups in total. The summed E-state index contributed by atoms with van der Waals surface area (Å²) in [5, 5.41) is 0. The van der Waals surface area contributed by atoms with Gasteiger partial charge in [-0.15, -0.1) is 0 Å². The van der Waals surface area contributed by atoms with Crippen molar-refractivity contribution in [3.63, 3.8) is 0 Å². The molecule has 8 nitrogen and oxygen atoms in total. The summed E-state index contributed by atoms with van der Waals surface area (Å²) >= 11 is 0. The van der Waals surface area contributed by atoms with Gasteiger partial charge in [0.2, 0.25) is 0 Å². The van der Waals surface area contributed by atoms with Crippen LogP contribution >= 0.6 is 0 Å². The van der Waals surface area contributed by atoms with Crippen LogP contribution in [-0.2, 0) is 33.3 Å². The zero-order valence-corrected chi connectivity index (χ0v) is 28.5. The van der Waals surface area contributed by atoms with Gasteiger partial charge in [-0.3, -0.25) is 4.21 Å². The van der Waals surface area contributed by atoms with Crippen molar-refractivity contribution >= 4 is 16.9 Å². The Bertz CT molecular complexity index is 1120. The predicted octanol–water partition coefficient (Wildman–Crippen LogP) is 7.76. The summed E-state index contributed by atoms with van der Waals surface area (Å²) < 4.78 is 29.9. The molecule has 1 saturated heterocycles. The van der Waals surface area contributed by atoms with E-state index in [0.717, 1.165) is 107 Å². The number of nitrogens with zero attached hydrogens (tertiary/aromatic N) is 3. The van der Waals surface area contributed by atoms with Crippen LogP contribution in [0.2, 0.25) is 0 Å². The number of likely N-dealkylation sites (tertiary alicyclic amines) is 1. The fourth-order valence-corrected chi connectivity index (χ4v) is 6.63. The number of aryl methyl sites for hydroxylation is 1. The van der Waals surface area contributed by atoms with Crippen LogP contribution in [0.3, 0.4) is 0 Å². The number of rotatable bonds is 17. The van der Waals surface area contributed by atoms with E-state index < -0.39 is 16.4 Å². The number of aromatic nitrogens is 2. The Labute approximate surface area is 268 Å². The minimum Gasteiger partial charge on any atom is -0.486 e. The van der Waals surface area contributed by atoms with Gasteiger partial charge in [0.25, 0.3) is 0 Å². The molecule has 246 valence electrons. The topological polar surface area (TPSA) is 90.9 Å². The molecule has 1 aliphatic rings. The lowest BCUT2D eigenvalue weighted by Gasteiger charge is -2.26. The number of amides is 1. The summed E-state index contributed by atoms with van der Waals surface area (Å²) in [6.45, 7) is 13.6. The van der Waals surface area contributed by atoms with Crippen molar-refractivity contribution in [1.82, 2.24) is 14.9 Å². The second-order valence-electron chi connectivity index (χ2n) is 12.9. The van der Waals surface area contributed by atoms with Crippen LogP contribution in [0.5, 0.6) is 5.75 Å². The van der Waals surface area contributed by atoms with E-state index in [9.17, 15) is 9.00 Å². The Hall–Kier alpha value is -2.52. The second kappa shape index (κ2) is 19.1. The van der Waals surface area contributed by atoms with Gasteiger partial charge < -0.3 is 19.1 Å². The first-order valence-corrected chi connectivity index (χ1v) is 18.0. The molecule has 0 radical (unpaired) electrons. The third-order valence-corrected chi connectivity index (χ3v) is 9.49. The first kappa shape index (κ1) is 36.0. The monoisotopic (exact) mass is 629 g/mol. The lowest BCUT2D eigenvalue weighted by Crippen LogP contribution is -2.37. The van der Waals surface area contributed by atoms with E-state index in [-0.39, 0.29) is 6.09 Å². The highest BCUT2D eigenvalue weighted by molar-refractivity contribution is 7.85. The number of carbonyl (C=O) groups excluding carboxylic acids is 1. The van der Waals surface area contributed by atoms with E-state index in [0.29, 0.717) is 29.9 Å². The SMILES string of the molecule is CCCOCCCC(CC)CCS(=O)c1ccc(COc2cnc(CCC3CCCN(C(=O)OC(C)(C)C)CC3)nc2)cc1. The number of benzene rings is 1. The standard InChI is InChI=1S/C35H55N3O5S/c1-6-22-41-23-9-11-28(7-2)19-24-44(40)32-15-12-30(13-16-32)27-42-31-25-36-33(37-26-31)17-14-29-10-8-20-38(21-18-29)34(39)43-35(3,4)5/h12-13,15-16,25-26,28-29H,6-11,14,17-24,27H2,1-5H3. The Morgan fingerprint density at radius 3 is 2.48 bits per heavy atom. The van der Waals surface area contributed by atoms with Crippen molar-refractivity contribution in [3.8, 4) is 5.75 Å². The summed E-state index contributed by atoms with van der Waals surface area (Å²) in [4.78, 5) is 24.2. The van der Waals surface area contributed by atoms with Crippen LogP contribution in [0.1, 0.15) is 104 Å². The summed E-state index contributed by atoms with van der Waals surface area (Å²) in [5.74, 6) is 3.28. The van der Waals surface area contributed by atoms with Gasteiger partial charge in [0.15, 0.2) is 5.75 Å². The van der Waals surface area contributed by atoms with Gasteiger partial charge >= 0.3 is 6.09 Å². The quantitative estimate of drug-likeness (QED) is 0.165. The molecule has 0 spiro atoms. The Morgan fingerprint density at radius 2 is 1.80 bits per heavy atom. The first-order chi connectivity index (χ1) is 21.2.